The van der Waals surface area contributed by atoms with Gasteiger partial charge in [0.15, 0.2) is 0 Å². The minimum atomic E-state index is -0.761. The standard InChI is InChI=1S/C30H45N3O5/c1-5-12-24(19-34)32(4)29(36)25(17-21(2)3)31-28(35)27-18-26(23-15-10-7-11-16-23)33(27)30(37)38-20-22-13-8-6-9-14-22/h6,8-9,13-14,19,21,23-27H,5,7,10-12,15-18,20H2,1-4H3,(H,31,35). The van der Waals surface area contributed by atoms with Gasteiger partial charge >= 0.3 is 6.09 Å². The molecule has 8 nitrogen and oxygen atoms in total. The van der Waals surface area contributed by atoms with Crippen LogP contribution in [0.2, 0.25) is 0 Å². The lowest BCUT2D eigenvalue weighted by Crippen LogP contribution is -2.67. The molecule has 1 N–H and O–H groups in total. The SMILES string of the molecule is CCCC(C=O)N(C)C(=O)C(CC(C)C)NC(=O)C1CC(C2CCCCC2)N1C(=O)OCc1ccccc1. The van der Waals surface area contributed by atoms with Crippen molar-refractivity contribution in [3.8, 4) is 0 Å². The number of aldehydes is 1. The zero-order valence-corrected chi connectivity index (χ0v) is 23.4. The fraction of sp³-hybridized carbons (Fsp3) is 0.667. The van der Waals surface area contributed by atoms with Crippen molar-refractivity contribution in [2.45, 2.75) is 109 Å². The van der Waals surface area contributed by atoms with Crippen LogP contribution in [0, 0.1) is 11.8 Å². The van der Waals surface area contributed by atoms with E-state index in [1.54, 1.807) is 11.9 Å². The molecule has 1 saturated heterocycles. The zero-order valence-electron chi connectivity index (χ0n) is 23.4. The predicted octanol–water partition coefficient (Wildman–Crippen LogP) is 4.70. The molecule has 1 aliphatic carbocycles. The summed E-state index contributed by atoms with van der Waals surface area (Å²) in [6.07, 6.45) is 8.24. The minimum Gasteiger partial charge on any atom is -0.445 e. The van der Waals surface area contributed by atoms with Gasteiger partial charge in [0.1, 0.15) is 25.0 Å². The second kappa shape index (κ2) is 14.3. The van der Waals surface area contributed by atoms with E-state index in [1.165, 1.54) is 11.3 Å². The molecular weight excluding hydrogens is 482 g/mol. The van der Waals surface area contributed by atoms with Crippen molar-refractivity contribution in [2.24, 2.45) is 11.8 Å². The Morgan fingerprint density at radius 2 is 1.82 bits per heavy atom. The summed E-state index contributed by atoms with van der Waals surface area (Å²) in [7, 11) is 1.62. The molecule has 210 valence electrons. The largest absolute Gasteiger partial charge is 0.445 e. The lowest BCUT2D eigenvalue weighted by atomic mass is 9.75. The van der Waals surface area contributed by atoms with E-state index < -0.39 is 24.2 Å². The monoisotopic (exact) mass is 527 g/mol. The number of carbonyl (C=O) groups is 4. The number of hydrogen-bond acceptors (Lipinski definition) is 5. The third-order valence-corrected chi connectivity index (χ3v) is 7.98. The van der Waals surface area contributed by atoms with Crippen molar-refractivity contribution in [1.29, 1.82) is 0 Å². The van der Waals surface area contributed by atoms with Crippen LogP contribution in [0.15, 0.2) is 30.3 Å². The highest BCUT2D eigenvalue weighted by Gasteiger charge is 2.50. The second-order valence-corrected chi connectivity index (χ2v) is 11.3. The van der Waals surface area contributed by atoms with Gasteiger partial charge in [-0.05, 0) is 49.5 Å². The fourth-order valence-electron chi connectivity index (χ4n) is 5.80. The van der Waals surface area contributed by atoms with Crippen molar-refractivity contribution < 1.29 is 23.9 Å². The molecule has 3 amide bonds. The molecule has 1 heterocycles. The Morgan fingerprint density at radius 1 is 1.13 bits per heavy atom. The molecule has 1 saturated carbocycles. The van der Waals surface area contributed by atoms with Gasteiger partial charge in [-0.25, -0.2) is 4.79 Å². The molecule has 0 spiro atoms. The molecule has 0 aromatic heterocycles. The van der Waals surface area contributed by atoms with Crippen LogP contribution in [-0.2, 0) is 25.7 Å². The second-order valence-electron chi connectivity index (χ2n) is 11.3. The molecule has 2 aliphatic rings. The lowest BCUT2D eigenvalue weighted by molar-refractivity contribution is -0.143. The summed E-state index contributed by atoms with van der Waals surface area (Å²) in [5, 5.41) is 2.94. The van der Waals surface area contributed by atoms with Crippen LogP contribution in [0.1, 0.15) is 84.1 Å². The van der Waals surface area contributed by atoms with Crippen LogP contribution in [0.3, 0.4) is 0 Å². The van der Waals surface area contributed by atoms with E-state index in [1.807, 2.05) is 51.1 Å². The first kappa shape index (κ1) is 29.7. The third kappa shape index (κ3) is 7.58. The first-order valence-corrected chi connectivity index (χ1v) is 14.3. The smallest absolute Gasteiger partial charge is 0.411 e. The van der Waals surface area contributed by atoms with Gasteiger partial charge in [0, 0.05) is 13.1 Å². The predicted molar refractivity (Wildman–Crippen MR) is 146 cm³/mol. The van der Waals surface area contributed by atoms with E-state index in [2.05, 4.69) is 5.32 Å². The van der Waals surface area contributed by atoms with Gasteiger partial charge in [0.05, 0.1) is 6.04 Å². The first-order valence-electron chi connectivity index (χ1n) is 14.3. The summed E-state index contributed by atoms with van der Waals surface area (Å²) in [5.74, 6) is -0.0984. The third-order valence-electron chi connectivity index (χ3n) is 7.98. The van der Waals surface area contributed by atoms with E-state index >= 15 is 0 Å². The number of hydrogen-bond donors (Lipinski definition) is 1. The number of benzene rings is 1. The molecule has 4 unspecified atom stereocenters. The molecule has 8 heteroatoms. The van der Waals surface area contributed by atoms with Gasteiger partial charge in [-0.2, -0.15) is 0 Å². The summed E-state index contributed by atoms with van der Waals surface area (Å²) in [5.41, 5.74) is 0.888. The topological polar surface area (TPSA) is 96.0 Å². The number of nitrogens with zero attached hydrogens (tertiary/aromatic N) is 2. The number of nitrogens with one attached hydrogen (secondary N) is 1. The van der Waals surface area contributed by atoms with Crippen molar-refractivity contribution >= 4 is 24.2 Å². The molecular formula is C30H45N3O5. The van der Waals surface area contributed by atoms with Gasteiger partial charge in [-0.15, -0.1) is 0 Å². The van der Waals surface area contributed by atoms with Crippen molar-refractivity contribution in [3.05, 3.63) is 35.9 Å². The number of carbonyl (C=O) groups excluding carboxylic acids is 4. The maximum absolute atomic E-state index is 13.5. The van der Waals surface area contributed by atoms with Crippen LogP contribution in [0.4, 0.5) is 4.79 Å². The Morgan fingerprint density at radius 3 is 2.42 bits per heavy atom. The number of ether oxygens (including phenoxy) is 1. The summed E-state index contributed by atoms with van der Waals surface area (Å²) in [4.78, 5) is 54.8. The van der Waals surface area contributed by atoms with E-state index in [0.717, 1.165) is 44.0 Å². The Bertz CT molecular complexity index is 931. The summed E-state index contributed by atoms with van der Waals surface area (Å²) in [6.45, 7) is 6.09. The number of amides is 3. The number of likely N-dealkylation sites (N-methyl/N-ethyl adjacent to an activating group) is 1. The van der Waals surface area contributed by atoms with Crippen LogP contribution in [-0.4, -0.2) is 65.2 Å². The Hall–Kier alpha value is -2.90. The van der Waals surface area contributed by atoms with E-state index in [4.69, 9.17) is 4.74 Å². The van der Waals surface area contributed by atoms with Gasteiger partial charge in [0.2, 0.25) is 11.8 Å². The molecule has 3 rings (SSSR count). The summed E-state index contributed by atoms with van der Waals surface area (Å²) < 4.78 is 5.65. The molecule has 1 aromatic carbocycles. The first-order chi connectivity index (χ1) is 18.3. The lowest BCUT2D eigenvalue weighted by Gasteiger charge is -2.51. The Kier molecular flexibility index (Phi) is 11.2. The molecule has 0 radical (unpaired) electrons. The normalized spacial score (nSPS) is 21.2. The quantitative estimate of drug-likeness (QED) is 0.398. The molecule has 38 heavy (non-hydrogen) atoms. The van der Waals surface area contributed by atoms with Gasteiger partial charge in [-0.1, -0.05) is 76.8 Å². The summed E-state index contributed by atoms with van der Waals surface area (Å²) >= 11 is 0. The van der Waals surface area contributed by atoms with Crippen molar-refractivity contribution in [3.63, 3.8) is 0 Å². The van der Waals surface area contributed by atoms with Gasteiger partial charge in [-0.3, -0.25) is 14.5 Å². The maximum Gasteiger partial charge on any atom is 0.411 e. The van der Waals surface area contributed by atoms with Crippen LogP contribution >= 0.6 is 0 Å². The maximum atomic E-state index is 13.5. The highest BCUT2D eigenvalue weighted by molar-refractivity contribution is 5.93. The molecule has 0 bridgehead atoms. The summed E-state index contributed by atoms with van der Waals surface area (Å²) in [6, 6.07) is 7.51. The van der Waals surface area contributed by atoms with Crippen LogP contribution < -0.4 is 5.32 Å². The van der Waals surface area contributed by atoms with Crippen LogP contribution in [0.5, 0.6) is 0 Å². The molecule has 4 atom stereocenters. The highest BCUT2D eigenvalue weighted by atomic mass is 16.6. The Labute approximate surface area is 227 Å². The van der Waals surface area contributed by atoms with Gasteiger partial charge < -0.3 is 19.7 Å². The fourth-order valence-corrected chi connectivity index (χ4v) is 5.80. The number of likely N-dealkylation sites (tertiary alicyclic amines) is 1. The van der Waals surface area contributed by atoms with E-state index in [-0.39, 0.29) is 30.4 Å². The van der Waals surface area contributed by atoms with E-state index in [9.17, 15) is 19.2 Å². The molecule has 1 aliphatic heterocycles. The Balaban J connectivity index is 1.73. The van der Waals surface area contributed by atoms with E-state index in [0.29, 0.717) is 25.2 Å². The average molecular weight is 528 g/mol. The molecule has 1 aromatic rings. The number of rotatable bonds is 12. The van der Waals surface area contributed by atoms with Crippen LogP contribution in [0.25, 0.3) is 0 Å². The zero-order chi connectivity index (χ0) is 27.7. The minimum absolute atomic E-state index is 0.0276. The highest BCUT2D eigenvalue weighted by Crippen LogP contribution is 2.39. The molecule has 2 fully saturated rings. The average Bonchev–Trinajstić information content (AvgIpc) is 2.89. The van der Waals surface area contributed by atoms with Gasteiger partial charge in [0.25, 0.3) is 0 Å². The van der Waals surface area contributed by atoms with Crippen molar-refractivity contribution in [2.75, 3.05) is 7.05 Å². The van der Waals surface area contributed by atoms with Crippen molar-refractivity contribution in [1.82, 2.24) is 15.1 Å².